The Labute approximate surface area is 95.7 Å². The number of rotatable bonds is 4. The number of nitrogens with two attached hydrogens (primary N) is 1. The Kier molecular flexibility index (Phi) is 3.31. The molecular formula is C12H18N2O2. The lowest BCUT2D eigenvalue weighted by Crippen LogP contribution is -2.21. The average Bonchev–Trinajstić information content (AvgIpc) is 2.58. The first kappa shape index (κ1) is 11.2. The van der Waals surface area contributed by atoms with E-state index >= 15 is 0 Å². The number of hydrogen-bond donors (Lipinski definition) is 2. The fourth-order valence-corrected chi connectivity index (χ4v) is 2.02. The maximum atomic E-state index is 5.70. The predicted octanol–water partition coefficient (Wildman–Crippen LogP) is 1.37. The molecule has 1 heterocycles. The zero-order valence-electron chi connectivity index (χ0n) is 9.75. The molecule has 0 saturated heterocycles. The lowest BCUT2D eigenvalue weighted by Gasteiger charge is -2.12. The van der Waals surface area contributed by atoms with Gasteiger partial charge in [-0.15, -0.1) is 0 Å². The number of hydrazine groups is 1. The number of nitrogens with one attached hydrogen (secondary N) is 1. The Hall–Kier alpha value is -1.26. The van der Waals surface area contributed by atoms with E-state index in [9.17, 15) is 0 Å². The molecule has 1 aromatic rings. The van der Waals surface area contributed by atoms with Crippen LogP contribution in [0.1, 0.15) is 25.0 Å². The van der Waals surface area contributed by atoms with Crippen molar-refractivity contribution in [3.63, 3.8) is 0 Å². The Balaban J connectivity index is 2.33. The fraction of sp³-hybridized carbons (Fsp3) is 0.500. The molecule has 0 amide bonds. The molecule has 1 aromatic carbocycles. The molecule has 0 aliphatic carbocycles. The van der Waals surface area contributed by atoms with Crippen molar-refractivity contribution < 1.29 is 9.47 Å². The van der Waals surface area contributed by atoms with Crippen molar-refractivity contribution >= 4 is 0 Å². The van der Waals surface area contributed by atoms with Crippen molar-refractivity contribution in [2.45, 2.75) is 32.9 Å². The van der Waals surface area contributed by atoms with E-state index in [0.717, 1.165) is 23.5 Å². The van der Waals surface area contributed by atoms with Gasteiger partial charge in [0.15, 0.2) is 0 Å². The molecule has 4 nitrogen and oxygen atoms in total. The lowest BCUT2D eigenvalue weighted by molar-refractivity contribution is 0.254. The van der Waals surface area contributed by atoms with Crippen molar-refractivity contribution in [3.8, 4) is 11.5 Å². The molecule has 2 rings (SSSR count). The minimum Gasteiger partial charge on any atom is -0.494 e. The van der Waals surface area contributed by atoms with Gasteiger partial charge in [0.2, 0.25) is 0 Å². The number of ether oxygens (including phenoxy) is 2. The first-order valence-electron chi connectivity index (χ1n) is 5.63. The monoisotopic (exact) mass is 222 g/mol. The molecule has 0 fully saturated rings. The Morgan fingerprint density at radius 1 is 1.56 bits per heavy atom. The van der Waals surface area contributed by atoms with Crippen LogP contribution in [-0.4, -0.2) is 12.7 Å². The second kappa shape index (κ2) is 4.72. The predicted molar refractivity (Wildman–Crippen MR) is 62.4 cm³/mol. The van der Waals surface area contributed by atoms with Gasteiger partial charge in [-0.3, -0.25) is 11.3 Å². The average molecular weight is 222 g/mol. The van der Waals surface area contributed by atoms with Crippen molar-refractivity contribution in [1.29, 1.82) is 0 Å². The SMILES string of the molecule is CCOc1cc2c(cc1CNN)O[C@@H](C)C2. The molecule has 16 heavy (non-hydrogen) atoms. The molecule has 0 radical (unpaired) electrons. The highest BCUT2D eigenvalue weighted by molar-refractivity contribution is 5.48. The number of hydrogen-bond acceptors (Lipinski definition) is 4. The number of benzene rings is 1. The van der Waals surface area contributed by atoms with E-state index in [4.69, 9.17) is 15.3 Å². The van der Waals surface area contributed by atoms with Gasteiger partial charge in [0, 0.05) is 24.1 Å². The van der Waals surface area contributed by atoms with Gasteiger partial charge in [-0.05, 0) is 26.0 Å². The summed E-state index contributed by atoms with van der Waals surface area (Å²) in [5, 5.41) is 0. The van der Waals surface area contributed by atoms with Crippen LogP contribution >= 0.6 is 0 Å². The maximum Gasteiger partial charge on any atom is 0.124 e. The Morgan fingerprint density at radius 3 is 3.06 bits per heavy atom. The van der Waals surface area contributed by atoms with Gasteiger partial charge < -0.3 is 9.47 Å². The molecule has 0 unspecified atom stereocenters. The van der Waals surface area contributed by atoms with Crippen LogP contribution in [0.15, 0.2) is 12.1 Å². The molecule has 1 aliphatic heterocycles. The summed E-state index contributed by atoms with van der Waals surface area (Å²) in [6, 6.07) is 4.08. The van der Waals surface area contributed by atoms with Crippen LogP contribution in [0.25, 0.3) is 0 Å². The van der Waals surface area contributed by atoms with Gasteiger partial charge in [0.05, 0.1) is 6.61 Å². The van der Waals surface area contributed by atoms with Crippen LogP contribution in [0.3, 0.4) is 0 Å². The highest BCUT2D eigenvalue weighted by Gasteiger charge is 2.21. The van der Waals surface area contributed by atoms with Crippen molar-refractivity contribution in [3.05, 3.63) is 23.3 Å². The van der Waals surface area contributed by atoms with E-state index in [0.29, 0.717) is 13.2 Å². The third-order valence-corrected chi connectivity index (χ3v) is 2.67. The molecule has 0 aromatic heterocycles. The van der Waals surface area contributed by atoms with E-state index in [1.807, 2.05) is 13.0 Å². The van der Waals surface area contributed by atoms with Gasteiger partial charge in [0.1, 0.15) is 17.6 Å². The van der Waals surface area contributed by atoms with Gasteiger partial charge in [-0.25, -0.2) is 0 Å². The summed E-state index contributed by atoms with van der Waals surface area (Å²) in [6.45, 7) is 5.29. The van der Waals surface area contributed by atoms with Gasteiger partial charge in [-0.1, -0.05) is 0 Å². The van der Waals surface area contributed by atoms with Gasteiger partial charge in [-0.2, -0.15) is 0 Å². The minimum atomic E-state index is 0.255. The van der Waals surface area contributed by atoms with E-state index in [-0.39, 0.29) is 6.10 Å². The molecule has 88 valence electrons. The molecule has 3 N–H and O–H groups in total. The summed E-state index contributed by atoms with van der Waals surface area (Å²) in [4.78, 5) is 0. The quantitative estimate of drug-likeness (QED) is 0.597. The van der Waals surface area contributed by atoms with Crippen molar-refractivity contribution in [1.82, 2.24) is 5.43 Å². The Morgan fingerprint density at radius 2 is 2.38 bits per heavy atom. The second-order valence-electron chi connectivity index (χ2n) is 4.01. The van der Waals surface area contributed by atoms with Crippen molar-refractivity contribution in [2.24, 2.45) is 5.84 Å². The van der Waals surface area contributed by atoms with Crippen LogP contribution in [0, 0.1) is 0 Å². The molecule has 0 bridgehead atoms. The fourth-order valence-electron chi connectivity index (χ4n) is 2.02. The standard InChI is InChI=1S/C12H18N2O2/c1-3-15-11-5-9-4-8(2)16-12(9)6-10(11)7-14-13/h5-6,8,14H,3-4,7,13H2,1-2H3/t8-/m0/s1. The third kappa shape index (κ3) is 2.13. The van der Waals surface area contributed by atoms with E-state index in [1.54, 1.807) is 0 Å². The highest BCUT2D eigenvalue weighted by atomic mass is 16.5. The highest BCUT2D eigenvalue weighted by Crippen LogP contribution is 2.34. The van der Waals surface area contributed by atoms with Crippen LogP contribution in [0.5, 0.6) is 11.5 Å². The lowest BCUT2D eigenvalue weighted by atomic mass is 10.1. The normalized spacial score (nSPS) is 18.1. The third-order valence-electron chi connectivity index (χ3n) is 2.67. The first-order valence-corrected chi connectivity index (χ1v) is 5.63. The molecule has 1 atom stereocenters. The van der Waals surface area contributed by atoms with Gasteiger partial charge >= 0.3 is 0 Å². The largest absolute Gasteiger partial charge is 0.494 e. The maximum absolute atomic E-state index is 5.70. The summed E-state index contributed by atoms with van der Waals surface area (Å²) in [7, 11) is 0. The first-order chi connectivity index (χ1) is 7.74. The van der Waals surface area contributed by atoms with E-state index < -0.39 is 0 Å². The van der Waals surface area contributed by atoms with Crippen LogP contribution < -0.4 is 20.7 Å². The summed E-state index contributed by atoms with van der Waals surface area (Å²) in [6.07, 6.45) is 1.21. The zero-order valence-corrected chi connectivity index (χ0v) is 9.75. The van der Waals surface area contributed by atoms with E-state index in [2.05, 4.69) is 18.4 Å². The zero-order chi connectivity index (χ0) is 11.5. The summed E-state index contributed by atoms with van der Waals surface area (Å²) in [5.74, 6) is 7.21. The smallest absolute Gasteiger partial charge is 0.124 e. The van der Waals surface area contributed by atoms with E-state index in [1.165, 1.54) is 5.56 Å². The van der Waals surface area contributed by atoms with Crippen LogP contribution in [0.4, 0.5) is 0 Å². The number of fused-ring (bicyclic) bond motifs is 1. The van der Waals surface area contributed by atoms with Crippen molar-refractivity contribution in [2.75, 3.05) is 6.61 Å². The summed E-state index contributed by atoms with van der Waals surface area (Å²) >= 11 is 0. The Bertz CT molecular complexity index is 345. The minimum absolute atomic E-state index is 0.255. The molecule has 1 aliphatic rings. The second-order valence-corrected chi connectivity index (χ2v) is 4.01. The van der Waals surface area contributed by atoms with Crippen LogP contribution in [0.2, 0.25) is 0 Å². The molecule has 4 heteroatoms. The summed E-state index contributed by atoms with van der Waals surface area (Å²) < 4.78 is 11.3. The molecular weight excluding hydrogens is 204 g/mol. The van der Waals surface area contributed by atoms with Crippen LogP contribution in [-0.2, 0) is 13.0 Å². The molecule has 0 spiro atoms. The topological polar surface area (TPSA) is 56.5 Å². The summed E-state index contributed by atoms with van der Waals surface area (Å²) in [5.41, 5.74) is 4.91. The van der Waals surface area contributed by atoms with Gasteiger partial charge in [0.25, 0.3) is 0 Å². The molecule has 0 saturated carbocycles.